The van der Waals surface area contributed by atoms with E-state index < -0.39 is 5.97 Å². The second-order valence-electron chi connectivity index (χ2n) is 4.83. The van der Waals surface area contributed by atoms with E-state index >= 15 is 0 Å². The number of hydrogen-bond donors (Lipinski definition) is 1. The first kappa shape index (κ1) is 18.5. The third kappa shape index (κ3) is 6.02. The van der Waals surface area contributed by atoms with Crippen LogP contribution >= 0.6 is 0 Å². The summed E-state index contributed by atoms with van der Waals surface area (Å²) in [6.45, 7) is 4.01. The maximum Gasteiger partial charge on any atom is 0.308 e. The molecule has 0 heterocycles. The van der Waals surface area contributed by atoms with E-state index in [2.05, 4.69) is 12.2 Å². The van der Waals surface area contributed by atoms with E-state index in [0.29, 0.717) is 23.6 Å². The van der Waals surface area contributed by atoms with Crippen LogP contribution in [0.1, 0.15) is 32.3 Å². The average Bonchev–Trinajstić information content (AvgIpc) is 2.53. The van der Waals surface area contributed by atoms with Crippen molar-refractivity contribution in [3.63, 3.8) is 0 Å². The fourth-order valence-electron chi connectivity index (χ4n) is 1.86. The number of carbonyl (C=O) groups is 2. The standard InChI is InChI=1S/C17H23NO5/c1-5-6-9-18-16(20)8-7-13-10-14(21-3)17(23-12(2)19)15(11-13)22-4/h7-8,10-11H,5-6,9H2,1-4H3,(H,18,20)/b8-7+. The van der Waals surface area contributed by atoms with E-state index in [9.17, 15) is 9.59 Å². The van der Waals surface area contributed by atoms with Crippen LogP contribution in [0.4, 0.5) is 0 Å². The van der Waals surface area contributed by atoms with E-state index in [4.69, 9.17) is 14.2 Å². The van der Waals surface area contributed by atoms with Crippen LogP contribution in [-0.4, -0.2) is 32.6 Å². The van der Waals surface area contributed by atoms with Crippen LogP contribution < -0.4 is 19.5 Å². The number of benzene rings is 1. The number of hydrogen-bond acceptors (Lipinski definition) is 5. The fraction of sp³-hybridized carbons (Fsp3) is 0.412. The van der Waals surface area contributed by atoms with Gasteiger partial charge in [-0.2, -0.15) is 0 Å². The summed E-state index contributed by atoms with van der Waals surface area (Å²) in [5.41, 5.74) is 0.695. The lowest BCUT2D eigenvalue weighted by Crippen LogP contribution is -2.21. The fourth-order valence-corrected chi connectivity index (χ4v) is 1.86. The topological polar surface area (TPSA) is 73.9 Å². The van der Waals surface area contributed by atoms with Crippen molar-refractivity contribution in [1.82, 2.24) is 5.32 Å². The molecule has 0 aliphatic heterocycles. The van der Waals surface area contributed by atoms with E-state index in [-0.39, 0.29) is 11.7 Å². The van der Waals surface area contributed by atoms with E-state index in [1.54, 1.807) is 18.2 Å². The molecule has 0 fully saturated rings. The summed E-state index contributed by atoms with van der Waals surface area (Å²) in [4.78, 5) is 22.9. The van der Waals surface area contributed by atoms with Gasteiger partial charge < -0.3 is 19.5 Å². The van der Waals surface area contributed by atoms with Gasteiger partial charge in [0, 0.05) is 19.5 Å². The van der Waals surface area contributed by atoms with Crippen LogP contribution in [0, 0.1) is 0 Å². The molecule has 1 N–H and O–H groups in total. The van der Waals surface area contributed by atoms with Gasteiger partial charge in [-0.25, -0.2) is 0 Å². The lowest BCUT2D eigenvalue weighted by Gasteiger charge is -2.13. The quantitative estimate of drug-likeness (QED) is 0.345. The predicted octanol–water partition coefficient (Wildman–Crippen LogP) is 2.56. The molecule has 6 nitrogen and oxygen atoms in total. The zero-order valence-corrected chi connectivity index (χ0v) is 14.0. The summed E-state index contributed by atoms with van der Waals surface area (Å²) in [5, 5.41) is 2.79. The highest BCUT2D eigenvalue weighted by Crippen LogP contribution is 2.39. The zero-order chi connectivity index (χ0) is 17.2. The second-order valence-corrected chi connectivity index (χ2v) is 4.83. The molecular formula is C17H23NO5. The van der Waals surface area contributed by atoms with Crippen LogP contribution in [0.5, 0.6) is 17.2 Å². The van der Waals surface area contributed by atoms with Crippen LogP contribution in [-0.2, 0) is 9.59 Å². The lowest BCUT2D eigenvalue weighted by molar-refractivity contribution is -0.132. The molecule has 0 aliphatic carbocycles. The summed E-state index contributed by atoms with van der Waals surface area (Å²) in [5.74, 6) is 0.281. The number of rotatable bonds is 8. The first-order chi connectivity index (χ1) is 11.0. The number of esters is 1. The molecule has 0 saturated carbocycles. The molecule has 0 spiro atoms. The SMILES string of the molecule is CCCCNC(=O)/C=C/c1cc(OC)c(OC(C)=O)c(OC)c1. The molecule has 0 bridgehead atoms. The molecule has 126 valence electrons. The normalized spacial score (nSPS) is 10.4. The largest absolute Gasteiger partial charge is 0.493 e. The van der Waals surface area contributed by atoms with Gasteiger partial charge in [0.25, 0.3) is 0 Å². The Hall–Kier alpha value is -2.50. The molecule has 0 radical (unpaired) electrons. The first-order valence-corrected chi connectivity index (χ1v) is 7.42. The summed E-state index contributed by atoms with van der Waals surface area (Å²) >= 11 is 0. The summed E-state index contributed by atoms with van der Waals surface area (Å²) < 4.78 is 15.6. The van der Waals surface area contributed by atoms with Crippen molar-refractivity contribution in [1.29, 1.82) is 0 Å². The Labute approximate surface area is 136 Å². The van der Waals surface area contributed by atoms with Crippen molar-refractivity contribution in [2.24, 2.45) is 0 Å². The van der Waals surface area contributed by atoms with Crippen molar-refractivity contribution in [3.05, 3.63) is 23.8 Å². The summed E-state index contributed by atoms with van der Waals surface area (Å²) in [7, 11) is 2.93. The Bertz CT molecular complexity index is 555. The van der Waals surface area contributed by atoms with Gasteiger partial charge in [0.2, 0.25) is 11.7 Å². The smallest absolute Gasteiger partial charge is 0.308 e. The van der Waals surface area contributed by atoms with Gasteiger partial charge in [-0.15, -0.1) is 0 Å². The molecule has 0 atom stereocenters. The van der Waals surface area contributed by atoms with E-state index in [0.717, 1.165) is 12.8 Å². The minimum Gasteiger partial charge on any atom is -0.493 e. The highest BCUT2D eigenvalue weighted by molar-refractivity contribution is 5.91. The maximum atomic E-state index is 11.7. The first-order valence-electron chi connectivity index (χ1n) is 7.42. The predicted molar refractivity (Wildman–Crippen MR) is 87.8 cm³/mol. The molecule has 0 aromatic heterocycles. The lowest BCUT2D eigenvalue weighted by atomic mass is 10.1. The minimum absolute atomic E-state index is 0.166. The highest BCUT2D eigenvalue weighted by atomic mass is 16.6. The summed E-state index contributed by atoms with van der Waals surface area (Å²) in [6, 6.07) is 3.33. The van der Waals surface area contributed by atoms with Crippen molar-refractivity contribution < 1.29 is 23.8 Å². The third-order valence-corrected chi connectivity index (χ3v) is 2.99. The number of ether oxygens (including phenoxy) is 3. The molecule has 1 amide bonds. The average molecular weight is 321 g/mol. The molecule has 6 heteroatoms. The van der Waals surface area contributed by atoms with Crippen LogP contribution in [0.15, 0.2) is 18.2 Å². The number of nitrogens with one attached hydrogen (secondary N) is 1. The molecule has 0 unspecified atom stereocenters. The zero-order valence-electron chi connectivity index (χ0n) is 14.0. The van der Waals surface area contributed by atoms with Gasteiger partial charge in [0.1, 0.15) is 0 Å². The van der Waals surface area contributed by atoms with Crippen molar-refractivity contribution in [3.8, 4) is 17.2 Å². The number of methoxy groups -OCH3 is 2. The Kier molecular flexibility index (Phi) is 7.66. The number of unbranched alkanes of at least 4 members (excludes halogenated alkanes) is 1. The van der Waals surface area contributed by atoms with Crippen molar-refractivity contribution in [2.45, 2.75) is 26.7 Å². The summed E-state index contributed by atoms with van der Waals surface area (Å²) in [6.07, 6.45) is 5.05. The second kappa shape index (κ2) is 9.50. The van der Waals surface area contributed by atoms with E-state index in [1.807, 2.05) is 0 Å². The van der Waals surface area contributed by atoms with Gasteiger partial charge in [-0.1, -0.05) is 13.3 Å². The molecule has 1 rings (SSSR count). The van der Waals surface area contributed by atoms with Gasteiger partial charge in [0.15, 0.2) is 11.5 Å². The molecule has 1 aromatic rings. The third-order valence-electron chi connectivity index (χ3n) is 2.99. The Morgan fingerprint density at radius 3 is 2.26 bits per heavy atom. The number of amides is 1. The van der Waals surface area contributed by atoms with Crippen LogP contribution in [0.2, 0.25) is 0 Å². The van der Waals surface area contributed by atoms with Crippen LogP contribution in [0.3, 0.4) is 0 Å². The van der Waals surface area contributed by atoms with Gasteiger partial charge >= 0.3 is 5.97 Å². The van der Waals surface area contributed by atoms with Gasteiger partial charge in [-0.05, 0) is 30.2 Å². The highest BCUT2D eigenvalue weighted by Gasteiger charge is 2.15. The van der Waals surface area contributed by atoms with Gasteiger partial charge in [0.05, 0.1) is 14.2 Å². The Balaban J connectivity index is 2.95. The Morgan fingerprint density at radius 2 is 1.78 bits per heavy atom. The van der Waals surface area contributed by atoms with Crippen LogP contribution in [0.25, 0.3) is 6.08 Å². The molecule has 0 saturated heterocycles. The minimum atomic E-state index is -0.472. The Morgan fingerprint density at radius 1 is 1.17 bits per heavy atom. The number of carbonyl (C=O) groups excluding carboxylic acids is 2. The van der Waals surface area contributed by atoms with Crippen molar-refractivity contribution >= 4 is 18.0 Å². The van der Waals surface area contributed by atoms with Crippen molar-refractivity contribution in [2.75, 3.05) is 20.8 Å². The van der Waals surface area contributed by atoms with E-state index in [1.165, 1.54) is 27.2 Å². The molecule has 0 aliphatic rings. The maximum absolute atomic E-state index is 11.7. The molecule has 23 heavy (non-hydrogen) atoms. The molecular weight excluding hydrogens is 298 g/mol. The molecule has 1 aromatic carbocycles. The monoisotopic (exact) mass is 321 g/mol. The van der Waals surface area contributed by atoms with Gasteiger partial charge in [-0.3, -0.25) is 9.59 Å².